The van der Waals surface area contributed by atoms with E-state index in [0.29, 0.717) is 0 Å². The van der Waals surface area contributed by atoms with Gasteiger partial charge in [-0.25, -0.2) is 4.39 Å². The first kappa shape index (κ1) is 9.91. The van der Waals surface area contributed by atoms with Gasteiger partial charge in [-0.1, -0.05) is 35.5 Å². The van der Waals surface area contributed by atoms with Gasteiger partial charge in [0, 0.05) is 9.79 Å². The molecule has 16 heavy (non-hydrogen) atoms. The van der Waals surface area contributed by atoms with E-state index < -0.39 is 0 Å². The molecule has 1 heterocycles. The zero-order valence-electron chi connectivity index (χ0n) is 8.96. The second kappa shape index (κ2) is 3.63. The summed E-state index contributed by atoms with van der Waals surface area (Å²) in [4.78, 5) is 2.31. The molecule has 80 valence electrons. The van der Waals surface area contributed by atoms with Crippen molar-refractivity contribution in [1.82, 2.24) is 0 Å². The monoisotopic (exact) mass is 230 g/mol. The lowest BCUT2D eigenvalue weighted by Crippen LogP contribution is -2.00. The second-order valence-corrected chi connectivity index (χ2v) is 5.23. The van der Waals surface area contributed by atoms with Crippen LogP contribution in [0, 0.1) is 12.7 Å². The van der Waals surface area contributed by atoms with Crippen LogP contribution < -0.4 is 0 Å². The van der Waals surface area contributed by atoms with Crippen LogP contribution in [0.15, 0.2) is 46.2 Å². The van der Waals surface area contributed by atoms with Gasteiger partial charge in [0.1, 0.15) is 5.82 Å². The molecule has 0 saturated carbocycles. The average Bonchev–Trinajstić information content (AvgIpc) is 2.26. The molecule has 0 atom stereocenters. The van der Waals surface area contributed by atoms with E-state index in [1.54, 1.807) is 23.9 Å². The van der Waals surface area contributed by atoms with Gasteiger partial charge in [-0.15, -0.1) is 0 Å². The third kappa shape index (κ3) is 1.63. The fourth-order valence-corrected chi connectivity index (χ4v) is 3.12. The summed E-state index contributed by atoms with van der Waals surface area (Å²) in [5.41, 5.74) is 3.86. The molecule has 0 nitrogen and oxygen atoms in total. The lowest BCUT2D eigenvalue weighted by molar-refractivity contribution is 0.622. The maximum Gasteiger partial charge on any atom is 0.124 e. The van der Waals surface area contributed by atoms with E-state index in [9.17, 15) is 4.39 Å². The van der Waals surface area contributed by atoms with Crippen molar-refractivity contribution in [2.75, 3.05) is 0 Å². The number of hydrogen-bond acceptors (Lipinski definition) is 1. The molecule has 0 fully saturated rings. The van der Waals surface area contributed by atoms with E-state index >= 15 is 0 Å². The molecule has 0 spiro atoms. The van der Waals surface area contributed by atoms with Gasteiger partial charge >= 0.3 is 0 Å². The fraction of sp³-hybridized carbons (Fsp3) is 0.143. The lowest BCUT2D eigenvalue weighted by Gasteiger charge is -2.19. The normalized spacial score (nSPS) is 13.1. The average molecular weight is 230 g/mol. The molecular weight excluding hydrogens is 219 g/mol. The lowest BCUT2D eigenvalue weighted by atomic mass is 10.0. The van der Waals surface area contributed by atoms with Crippen LogP contribution in [-0.2, 0) is 6.42 Å². The summed E-state index contributed by atoms with van der Waals surface area (Å²) >= 11 is 1.67. The number of aryl methyl sites for hydroxylation is 1. The highest BCUT2D eigenvalue weighted by Crippen LogP contribution is 2.39. The summed E-state index contributed by atoms with van der Waals surface area (Å²) in [5, 5.41) is 0. The predicted molar refractivity (Wildman–Crippen MR) is 64.5 cm³/mol. The summed E-state index contributed by atoms with van der Waals surface area (Å²) < 4.78 is 13.1. The highest BCUT2D eigenvalue weighted by atomic mass is 32.2. The number of hydrogen-bond donors (Lipinski definition) is 0. The summed E-state index contributed by atoms with van der Waals surface area (Å²) in [7, 11) is 0. The van der Waals surface area contributed by atoms with Crippen LogP contribution in [0.2, 0.25) is 0 Å². The third-order valence-electron chi connectivity index (χ3n) is 2.85. The Labute approximate surface area is 98.5 Å². The zero-order chi connectivity index (χ0) is 11.1. The smallest absolute Gasteiger partial charge is 0.124 e. The van der Waals surface area contributed by atoms with Crippen LogP contribution >= 0.6 is 11.8 Å². The minimum atomic E-state index is -0.151. The quantitative estimate of drug-likeness (QED) is 0.558. The van der Waals surface area contributed by atoms with Gasteiger partial charge in [0.05, 0.1) is 0 Å². The maximum atomic E-state index is 13.1. The fourth-order valence-electron chi connectivity index (χ4n) is 2.04. The predicted octanol–water partition coefficient (Wildman–Crippen LogP) is 4.19. The minimum Gasteiger partial charge on any atom is -0.207 e. The van der Waals surface area contributed by atoms with Crippen molar-refractivity contribution in [3.8, 4) is 0 Å². The van der Waals surface area contributed by atoms with Gasteiger partial charge in [-0.3, -0.25) is 0 Å². The molecule has 2 aromatic rings. The Kier molecular flexibility index (Phi) is 2.25. The van der Waals surface area contributed by atoms with Gasteiger partial charge in [0.2, 0.25) is 0 Å². The first-order valence-electron chi connectivity index (χ1n) is 5.28. The molecule has 3 rings (SSSR count). The zero-order valence-corrected chi connectivity index (χ0v) is 9.77. The summed E-state index contributed by atoms with van der Waals surface area (Å²) in [6.07, 6.45) is 0.916. The van der Waals surface area contributed by atoms with Crippen molar-refractivity contribution in [3.63, 3.8) is 0 Å². The molecule has 0 bridgehead atoms. The molecule has 1 aliphatic heterocycles. The van der Waals surface area contributed by atoms with Gasteiger partial charge in [-0.05, 0) is 42.7 Å². The summed E-state index contributed by atoms with van der Waals surface area (Å²) in [6, 6.07) is 11.5. The Hall–Kier alpha value is -1.28. The van der Waals surface area contributed by atoms with Crippen molar-refractivity contribution < 1.29 is 4.39 Å². The summed E-state index contributed by atoms with van der Waals surface area (Å²) in [5.74, 6) is -0.151. The molecular formula is C14H11FS. The van der Waals surface area contributed by atoms with Crippen molar-refractivity contribution in [3.05, 3.63) is 58.9 Å². The number of halogens is 1. The number of benzene rings is 2. The molecule has 0 saturated heterocycles. The Morgan fingerprint density at radius 2 is 1.88 bits per heavy atom. The Bertz CT molecular complexity index is 509. The van der Waals surface area contributed by atoms with Crippen molar-refractivity contribution in [2.24, 2.45) is 0 Å². The molecule has 1 aliphatic rings. The maximum absolute atomic E-state index is 13.1. The molecule has 0 N–H and O–H groups in total. The van der Waals surface area contributed by atoms with E-state index in [-0.39, 0.29) is 5.82 Å². The first-order chi connectivity index (χ1) is 7.72. The van der Waals surface area contributed by atoms with Crippen molar-refractivity contribution >= 4 is 11.8 Å². The first-order valence-corrected chi connectivity index (χ1v) is 6.10. The van der Waals surface area contributed by atoms with Crippen molar-refractivity contribution in [2.45, 2.75) is 23.1 Å². The molecule has 0 amide bonds. The molecule has 0 aromatic heterocycles. The number of rotatable bonds is 0. The summed E-state index contributed by atoms with van der Waals surface area (Å²) in [6.45, 7) is 2.10. The van der Waals surface area contributed by atoms with E-state index in [4.69, 9.17) is 0 Å². The van der Waals surface area contributed by atoms with E-state index in [0.717, 1.165) is 11.3 Å². The molecule has 0 radical (unpaired) electrons. The second-order valence-electron chi connectivity index (χ2n) is 4.14. The van der Waals surface area contributed by atoms with Gasteiger partial charge < -0.3 is 0 Å². The van der Waals surface area contributed by atoms with E-state index in [1.165, 1.54) is 21.6 Å². The Morgan fingerprint density at radius 3 is 2.75 bits per heavy atom. The standard InChI is InChI=1S/C14H11FS/c1-9-2-5-13-11(6-9)7-10-3-4-12(15)8-14(10)16-13/h2-6,8H,7H2,1H3. The van der Waals surface area contributed by atoms with E-state index in [2.05, 4.69) is 25.1 Å². The molecule has 2 aromatic carbocycles. The third-order valence-corrected chi connectivity index (χ3v) is 4.06. The van der Waals surface area contributed by atoms with Gasteiger partial charge in [0.25, 0.3) is 0 Å². The van der Waals surface area contributed by atoms with Crippen LogP contribution in [0.5, 0.6) is 0 Å². The highest BCUT2D eigenvalue weighted by Gasteiger charge is 2.16. The van der Waals surface area contributed by atoms with Crippen LogP contribution in [0.25, 0.3) is 0 Å². The Morgan fingerprint density at radius 1 is 1.00 bits per heavy atom. The van der Waals surface area contributed by atoms with Gasteiger partial charge in [-0.2, -0.15) is 0 Å². The molecule has 2 heteroatoms. The largest absolute Gasteiger partial charge is 0.207 e. The minimum absolute atomic E-state index is 0.151. The van der Waals surface area contributed by atoms with Crippen LogP contribution in [0.4, 0.5) is 4.39 Å². The van der Waals surface area contributed by atoms with Gasteiger partial charge in [0.15, 0.2) is 0 Å². The highest BCUT2D eigenvalue weighted by molar-refractivity contribution is 7.99. The van der Waals surface area contributed by atoms with E-state index in [1.807, 2.05) is 6.07 Å². The topological polar surface area (TPSA) is 0 Å². The number of fused-ring (bicyclic) bond motifs is 2. The van der Waals surface area contributed by atoms with Crippen molar-refractivity contribution in [1.29, 1.82) is 0 Å². The van der Waals surface area contributed by atoms with Crippen LogP contribution in [-0.4, -0.2) is 0 Å². The van der Waals surface area contributed by atoms with Crippen LogP contribution in [0.3, 0.4) is 0 Å². The molecule has 0 unspecified atom stereocenters. The Balaban J connectivity index is 2.09. The molecule has 0 aliphatic carbocycles. The van der Waals surface area contributed by atoms with Crippen LogP contribution in [0.1, 0.15) is 16.7 Å². The SMILES string of the molecule is Cc1ccc2c(c1)Cc1ccc(F)cc1S2.